The molecule has 2 aromatic heterocycles. The van der Waals surface area contributed by atoms with Crippen LogP contribution in [0.15, 0.2) is 66.5 Å². The molecule has 2 aromatic carbocycles. The Balaban J connectivity index is 1.45. The molecule has 1 atom stereocenters. The highest BCUT2D eigenvalue weighted by molar-refractivity contribution is 5.99. The molecule has 11 heteroatoms. The molecule has 1 aliphatic rings. The van der Waals surface area contributed by atoms with E-state index in [4.69, 9.17) is 20.3 Å². The first-order chi connectivity index (χ1) is 20.2. The van der Waals surface area contributed by atoms with Crippen LogP contribution in [0.4, 0.5) is 10.2 Å². The number of carbonyl (C=O) groups is 1. The van der Waals surface area contributed by atoms with E-state index in [9.17, 15) is 10.1 Å². The molecule has 0 radical (unpaired) electrons. The number of ether oxygens (including phenoxy) is 2. The molecule has 216 valence electrons. The summed E-state index contributed by atoms with van der Waals surface area (Å²) in [6.45, 7) is 6.71. The number of rotatable bonds is 9. The van der Waals surface area contributed by atoms with Gasteiger partial charge in [-0.25, -0.2) is 19.0 Å². The van der Waals surface area contributed by atoms with E-state index in [1.165, 1.54) is 12.4 Å². The Hall–Kier alpha value is -4.82. The number of amides is 1. The summed E-state index contributed by atoms with van der Waals surface area (Å²) in [5.74, 6) is 0.181. The number of aromatic nitrogens is 4. The summed E-state index contributed by atoms with van der Waals surface area (Å²) in [5.41, 5.74) is 6.43. The quantitative estimate of drug-likeness (QED) is 0.213. The SMILES string of the molecule is CCOC(C)(C)/C=C(\C#N)C(=O)N1CCC[C@@H]1Cn1nc(-c2ccc(Oc3ccccc3)cc2F)c2c(N)ncnc21. The third kappa shape index (κ3) is 5.94. The van der Waals surface area contributed by atoms with Crippen molar-refractivity contribution < 1.29 is 18.7 Å². The van der Waals surface area contributed by atoms with Gasteiger partial charge in [-0.05, 0) is 64.0 Å². The predicted octanol–water partition coefficient (Wildman–Crippen LogP) is 5.26. The molecule has 1 amide bonds. The number of hydrogen-bond donors (Lipinski definition) is 1. The first kappa shape index (κ1) is 28.7. The molecule has 0 spiro atoms. The largest absolute Gasteiger partial charge is 0.457 e. The van der Waals surface area contributed by atoms with Gasteiger partial charge in [-0.15, -0.1) is 0 Å². The number of fused-ring (bicyclic) bond motifs is 1. The fourth-order valence-electron chi connectivity index (χ4n) is 5.27. The van der Waals surface area contributed by atoms with Crippen molar-refractivity contribution in [1.82, 2.24) is 24.6 Å². The molecule has 0 aliphatic carbocycles. The summed E-state index contributed by atoms with van der Waals surface area (Å²) in [4.78, 5) is 23.7. The number of nitrogen functional groups attached to an aromatic ring is 1. The third-order valence-corrected chi connectivity index (χ3v) is 7.11. The van der Waals surface area contributed by atoms with Crippen LogP contribution in [-0.2, 0) is 16.1 Å². The van der Waals surface area contributed by atoms with Gasteiger partial charge in [0.05, 0.1) is 23.6 Å². The van der Waals surface area contributed by atoms with Gasteiger partial charge in [-0.1, -0.05) is 18.2 Å². The molecule has 42 heavy (non-hydrogen) atoms. The molecular formula is C31H32FN7O3. The first-order valence-electron chi connectivity index (χ1n) is 13.8. The number of nitrogens with two attached hydrogens (primary N) is 1. The maximum absolute atomic E-state index is 15.5. The van der Waals surface area contributed by atoms with Gasteiger partial charge in [0.25, 0.3) is 5.91 Å². The average Bonchev–Trinajstić information content (AvgIpc) is 3.58. The van der Waals surface area contributed by atoms with E-state index in [0.717, 1.165) is 6.42 Å². The number of nitriles is 1. The average molecular weight is 570 g/mol. The van der Waals surface area contributed by atoms with E-state index < -0.39 is 11.4 Å². The fourth-order valence-corrected chi connectivity index (χ4v) is 5.27. The lowest BCUT2D eigenvalue weighted by atomic mass is 10.0. The summed E-state index contributed by atoms with van der Waals surface area (Å²) in [7, 11) is 0. The molecule has 1 fully saturated rings. The van der Waals surface area contributed by atoms with Gasteiger partial charge in [0.2, 0.25) is 0 Å². The molecule has 2 N–H and O–H groups in total. The Kier molecular flexibility index (Phi) is 8.17. The summed E-state index contributed by atoms with van der Waals surface area (Å²) < 4.78 is 28.6. The number of carbonyl (C=O) groups excluding carboxylic acids is 1. The Morgan fingerprint density at radius 2 is 2.00 bits per heavy atom. The Morgan fingerprint density at radius 3 is 2.71 bits per heavy atom. The van der Waals surface area contributed by atoms with Crippen molar-refractivity contribution in [2.75, 3.05) is 18.9 Å². The fraction of sp³-hybridized carbons (Fsp3) is 0.323. The highest BCUT2D eigenvalue weighted by Crippen LogP contribution is 2.35. The number of benzene rings is 2. The number of para-hydroxylation sites is 1. The van der Waals surface area contributed by atoms with E-state index in [1.807, 2.05) is 45.0 Å². The Bertz CT molecular complexity index is 1680. The standard InChI is InChI=1S/C31H32FN7O3/c1-4-41-31(2,3)16-20(17-33)30(40)38-14-8-9-21(38)18-39-29-26(28(34)35-19-36-29)27(37-39)24-13-12-23(15-25(24)32)42-22-10-6-5-7-11-22/h5-7,10-13,15-16,19,21H,4,8-9,14,18H2,1-3H3,(H2,34,35,36)/b20-16+/t21-/m1/s1. The second-order valence-corrected chi connectivity index (χ2v) is 10.5. The highest BCUT2D eigenvalue weighted by atomic mass is 19.1. The van der Waals surface area contributed by atoms with Crippen molar-refractivity contribution in [3.8, 4) is 28.8 Å². The van der Waals surface area contributed by atoms with Gasteiger partial charge in [0.15, 0.2) is 5.65 Å². The summed E-state index contributed by atoms with van der Waals surface area (Å²) in [5, 5.41) is 14.9. The summed E-state index contributed by atoms with van der Waals surface area (Å²) in [6.07, 6.45) is 4.37. The van der Waals surface area contributed by atoms with Gasteiger partial charge in [0.1, 0.15) is 46.8 Å². The van der Waals surface area contributed by atoms with E-state index in [-0.39, 0.29) is 35.4 Å². The van der Waals surface area contributed by atoms with Crippen LogP contribution in [0.2, 0.25) is 0 Å². The minimum Gasteiger partial charge on any atom is -0.457 e. The Labute approximate surface area is 243 Å². The molecule has 0 unspecified atom stereocenters. The zero-order valence-corrected chi connectivity index (χ0v) is 23.7. The van der Waals surface area contributed by atoms with Crippen molar-refractivity contribution in [2.45, 2.75) is 51.8 Å². The van der Waals surface area contributed by atoms with Crippen molar-refractivity contribution in [3.63, 3.8) is 0 Å². The first-order valence-corrected chi connectivity index (χ1v) is 13.8. The molecule has 1 saturated heterocycles. The number of hydrogen-bond acceptors (Lipinski definition) is 8. The van der Waals surface area contributed by atoms with Gasteiger partial charge < -0.3 is 20.1 Å². The van der Waals surface area contributed by atoms with Gasteiger partial charge >= 0.3 is 0 Å². The van der Waals surface area contributed by atoms with Crippen LogP contribution < -0.4 is 10.5 Å². The van der Waals surface area contributed by atoms with Crippen molar-refractivity contribution in [2.24, 2.45) is 0 Å². The molecule has 0 saturated carbocycles. The second kappa shape index (κ2) is 12.0. The highest BCUT2D eigenvalue weighted by Gasteiger charge is 2.33. The van der Waals surface area contributed by atoms with Gasteiger partial charge in [-0.3, -0.25) is 4.79 Å². The minimum atomic E-state index is -0.766. The van der Waals surface area contributed by atoms with E-state index in [2.05, 4.69) is 9.97 Å². The van der Waals surface area contributed by atoms with Crippen LogP contribution in [0.1, 0.15) is 33.6 Å². The van der Waals surface area contributed by atoms with Crippen LogP contribution in [0.5, 0.6) is 11.5 Å². The van der Waals surface area contributed by atoms with Gasteiger partial charge in [0, 0.05) is 24.8 Å². The second-order valence-electron chi connectivity index (χ2n) is 10.5. The number of halogens is 1. The van der Waals surface area contributed by atoms with Crippen molar-refractivity contribution >= 4 is 22.8 Å². The smallest absolute Gasteiger partial charge is 0.264 e. The van der Waals surface area contributed by atoms with Crippen molar-refractivity contribution in [1.29, 1.82) is 5.26 Å². The van der Waals surface area contributed by atoms with Crippen LogP contribution in [-0.4, -0.2) is 55.4 Å². The predicted molar refractivity (Wildman–Crippen MR) is 156 cm³/mol. The van der Waals surface area contributed by atoms with Crippen LogP contribution in [0, 0.1) is 17.1 Å². The molecule has 1 aliphatic heterocycles. The van der Waals surface area contributed by atoms with Crippen molar-refractivity contribution in [3.05, 3.63) is 72.3 Å². The molecule has 3 heterocycles. The van der Waals surface area contributed by atoms with Crippen LogP contribution in [0.25, 0.3) is 22.3 Å². The zero-order valence-electron chi connectivity index (χ0n) is 23.7. The third-order valence-electron chi connectivity index (χ3n) is 7.11. The topological polar surface area (TPSA) is 132 Å². The lowest BCUT2D eigenvalue weighted by Gasteiger charge is -2.26. The molecule has 5 rings (SSSR count). The van der Waals surface area contributed by atoms with Crippen LogP contribution >= 0.6 is 0 Å². The van der Waals surface area contributed by atoms with E-state index in [1.54, 1.807) is 39.9 Å². The zero-order chi connectivity index (χ0) is 29.9. The number of anilines is 1. The maximum atomic E-state index is 15.5. The summed E-state index contributed by atoms with van der Waals surface area (Å²) >= 11 is 0. The monoisotopic (exact) mass is 569 g/mol. The lowest BCUT2D eigenvalue weighted by Crippen LogP contribution is -2.39. The minimum absolute atomic E-state index is 0.0258. The van der Waals surface area contributed by atoms with Crippen LogP contribution in [0.3, 0.4) is 0 Å². The van der Waals surface area contributed by atoms with E-state index in [0.29, 0.717) is 47.8 Å². The van der Waals surface area contributed by atoms with E-state index >= 15 is 4.39 Å². The molecule has 0 bridgehead atoms. The summed E-state index contributed by atoms with van der Waals surface area (Å²) in [6, 6.07) is 15.4. The molecule has 4 aromatic rings. The number of likely N-dealkylation sites (tertiary alicyclic amines) is 1. The number of nitrogens with zero attached hydrogens (tertiary/aromatic N) is 6. The Morgan fingerprint density at radius 1 is 1.21 bits per heavy atom. The van der Waals surface area contributed by atoms with Gasteiger partial charge in [-0.2, -0.15) is 10.4 Å². The normalized spacial score (nSPS) is 15.6. The molecule has 10 nitrogen and oxygen atoms in total. The maximum Gasteiger partial charge on any atom is 0.264 e. The molecular weight excluding hydrogens is 537 g/mol. The lowest BCUT2D eigenvalue weighted by molar-refractivity contribution is -0.127.